The molecule has 1 N–H and O–H groups in total. The number of fused-ring (bicyclic) bond motifs is 1. The number of pyridine rings is 1. The molecule has 1 aliphatic heterocycles. The van der Waals surface area contributed by atoms with Crippen LogP contribution in [0.2, 0.25) is 0 Å². The number of rotatable bonds is 6. The van der Waals surface area contributed by atoms with Crippen LogP contribution in [0, 0.1) is 0 Å². The van der Waals surface area contributed by atoms with E-state index in [0.29, 0.717) is 6.54 Å². The third-order valence-electron chi connectivity index (χ3n) is 4.99. The highest BCUT2D eigenvalue weighted by Gasteiger charge is 2.19. The van der Waals surface area contributed by atoms with Crippen molar-refractivity contribution in [3.05, 3.63) is 66.9 Å². The second-order valence-corrected chi connectivity index (χ2v) is 6.92. The maximum absolute atomic E-state index is 10.4. The van der Waals surface area contributed by atoms with E-state index >= 15 is 0 Å². The number of β-amino-alcohol motifs (C(OH)–C–C–N with tert-alkyl or cyclic N) is 1. The first-order chi connectivity index (χ1) is 13.3. The number of aromatic nitrogens is 1. The van der Waals surface area contributed by atoms with Crippen molar-refractivity contribution < 1.29 is 9.84 Å². The molecule has 1 aromatic heterocycles. The molecule has 140 valence electrons. The van der Waals surface area contributed by atoms with Crippen LogP contribution in [0.4, 0.5) is 5.69 Å². The second-order valence-electron chi connectivity index (χ2n) is 6.92. The molecule has 0 amide bonds. The number of ether oxygens (including phenoxy) is 1. The van der Waals surface area contributed by atoms with E-state index in [0.717, 1.165) is 42.8 Å². The molecule has 1 saturated heterocycles. The number of piperazine rings is 1. The fraction of sp³-hybridized carbons (Fsp3) is 0.318. The molecule has 3 aromatic rings. The standard InChI is InChI=1S/C22H25N3O2/c26-20(17-27-21-10-4-6-18-7-5-11-23-22(18)21)16-24-12-14-25(15-13-24)19-8-2-1-3-9-19/h1-11,20,26H,12-17H2. The highest BCUT2D eigenvalue weighted by molar-refractivity contribution is 5.84. The maximum atomic E-state index is 10.4. The van der Waals surface area contributed by atoms with E-state index in [9.17, 15) is 5.11 Å². The summed E-state index contributed by atoms with van der Waals surface area (Å²) in [6.45, 7) is 4.74. The maximum Gasteiger partial charge on any atom is 0.145 e. The van der Waals surface area contributed by atoms with Gasteiger partial charge in [-0.25, -0.2) is 0 Å². The molecule has 0 radical (unpaired) electrons. The van der Waals surface area contributed by atoms with Gasteiger partial charge >= 0.3 is 0 Å². The van der Waals surface area contributed by atoms with Crippen LogP contribution < -0.4 is 9.64 Å². The number of benzene rings is 2. The fourth-order valence-corrected chi connectivity index (χ4v) is 3.56. The molecule has 5 heteroatoms. The summed E-state index contributed by atoms with van der Waals surface area (Å²) in [6.07, 6.45) is 1.24. The van der Waals surface area contributed by atoms with Crippen molar-refractivity contribution in [3.8, 4) is 5.75 Å². The summed E-state index contributed by atoms with van der Waals surface area (Å²) in [5, 5.41) is 11.5. The number of aliphatic hydroxyl groups is 1. The lowest BCUT2D eigenvalue weighted by Gasteiger charge is -2.36. The van der Waals surface area contributed by atoms with Crippen LogP contribution >= 0.6 is 0 Å². The Labute approximate surface area is 159 Å². The van der Waals surface area contributed by atoms with Crippen molar-refractivity contribution in [2.24, 2.45) is 0 Å². The average Bonchev–Trinajstić information content (AvgIpc) is 2.73. The van der Waals surface area contributed by atoms with Gasteiger partial charge < -0.3 is 14.7 Å². The fourth-order valence-electron chi connectivity index (χ4n) is 3.56. The van der Waals surface area contributed by atoms with Crippen LogP contribution in [-0.4, -0.2) is 60.4 Å². The number of anilines is 1. The van der Waals surface area contributed by atoms with Gasteiger partial charge in [-0.3, -0.25) is 9.88 Å². The normalized spacial score (nSPS) is 16.4. The van der Waals surface area contributed by atoms with Gasteiger partial charge in [-0.15, -0.1) is 0 Å². The van der Waals surface area contributed by atoms with Gasteiger partial charge in [0, 0.05) is 50.0 Å². The first-order valence-electron chi connectivity index (χ1n) is 9.46. The Morgan fingerprint density at radius 1 is 0.926 bits per heavy atom. The van der Waals surface area contributed by atoms with E-state index in [2.05, 4.69) is 39.0 Å². The summed E-state index contributed by atoms with van der Waals surface area (Å²) < 4.78 is 5.86. The van der Waals surface area contributed by atoms with Crippen molar-refractivity contribution in [3.63, 3.8) is 0 Å². The average molecular weight is 363 g/mol. The number of nitrogens with zero attached hydrogens (tertiary/aromatic N) is 3. The van der Waals surface area contributed by atoms with E-state index in [-0.39, 0.29) is 6.61 Å². The van der Waals surface area contributed by atoms with Gasteiger partial charge in [0.1, 0.15) is 24.0 Å². The largest absolute Gasteiger partial charge is 0.489 e. The van der Waals surface area contributed by atoms with Gasteiger partial charge in [0.15, 0.2) is 0 Å². The Morgan fingerprint density at radius 3 is 2.52 bits per heavy atom. The minimum atomic E-state index is -0.521. The monoisotopic (exact) mass is 363 g/mol. The van der Waals surface area contributed by atoms with Gasteiger partial charge in [-0.2, -0.15) is 0 Å². The molecule has 2 aromatic carbocycles. The minimum absolute atomic E-state index is 0.272. The van der Waals surface area contributed by atoms with Crippen molar-refractivity contribution in [1.82, 2.24) is 9.88 Å². The predicted octanol–water partition coefficient (Wildman–Crippen LogP) is 2.80. The van der Waals surface area contributed by atoms with Crippen molar-refractivity contribution in [1.29, 1.82) is 0 Å². The van der Waals surface area contributed by atoms with Crippen LogP contribution in [0.25, 0.3) is 10.9 Å². The van der Waals surface area contributed by atoms with Crippen LogP contribution in [-0.2, 0) is 0 Å². The molecule has 1 unspecified atom stereocenters. The Balaban J connectivity index is 1.27. The highest BCUT2D eigenvalue weighted by Crippen LogP contribution is 2.23. The SMILES string of the molecule is OC(COc1cccc2cccnc12)CN1CCN(c2ccccc2)CC1. The first-order valence-corrected chi connectivity index (χ1v) is 9.46. The van der Waals surface area contributed by atoms with E-state index in [4.69, 9.17) is 4.74 Å². The molecule has 5 nitrogen and oxygen atoms in total. The van der Waals surface area contributed by atoms with E-state index in [1.807, 2.05) is 36.4 Å². The van der Waals surface area contributed by atoms with Gasteiger partial charge in [0.05, 0.1) is 0 Å². The summed E-state index contributed by atoms with van der Waals surface area (Å²) in [6, 6.07) is 20.3. The third-order valence-corrected chi connectivity index (χ3v) is 4.99. The summed E-state index contributed by atoms with van der Waals surface area (Å²) in [5.41, 5.74) is 2.10. The summed E-state index contributed by atoms with van der Waals surface area (Å²) >= 11 is 0. The van der Waals surface area contributed by atoms with Crippen molar-refractivity contribution in [2.75, 3.05) is 44.2 Å². The molecule has 1 aliphatic rings. The smallest absolute Gasteiger partial charge is 0.145 e. The first kappa shape index (κ1) is 17.8. The van der Waals surface area contributed by atoms with E-state index in [1.165, 1.54) is 5.69 Å². The molecule has 27 heavy (non-hydrogen) atoms. The lowest BCUT2D eigenvalue weighted by Crippen LogP contribution is -2.49. The molecule has 4 rings (SSSR count). The summed E-state index contributed by atoms with van der Waals surface area (Å²) in [4.78, 5) is 9.08. The van der Waals surface area contributed by atoms with Crippen LogP contribution in [0.3, 0.4) is 0 Å². The molecule has 1 atom stereocenters. The second kappa shape index (κ2) is 8.37. The molecule has 2 heterocycles. The Kier molecular flexibility index (Phi) is 5.51. The molecule has 0 bridgehead atoms. The van der Waals surface area contributed by atoms with Gasteiger partial charge in [-0.1, -0.05) is 36.4 Å². The Hall–Kier alpha value is -2.63. The molecule has 0 aliphatic carbocycles. The quantitative estimate of drug-likeness (QED) is 0.730. The molecule has 0 spiro atoms. The van der Waals surface area contributed by atoms with Gasteiger partial charge in [0.25, 0.3) is 0 Å². The van der Waals surface area contributed by atoms with E-state index in [1.54, 1.807) is 6.20 Å². The third kappa shape index (κ3) is 4.38. The van der Waals surface area contributed by atoms with Crippen LogP contribution in [0.1, 0.15) is 0 Å². The molecule has 0 saturated carbocycles. The zero-order chi connectivity index (χ0) is 18.5. The molecular formula is C22H25N3O2. The topological polar surface area (TPSA) is 48.8 Å². The summed E-state index contributed by atoms with van der Waals surface area (Å²) in [7, 11) is 0. The Bertz CT molecular complexity index is 858. The van der Waals surface area contributed by atoms with Crippen molar-refractivity contribution >= 4 is 16.6 Å². The van der Waals surface area contributed by atoms with Crippen LogP contribution in [0.5, 0.6) is 5.75 Å². The van der Waals surface area contributed by atoms with Crippen LogP contribution in [0.15, 0.2) is 66.9 Å². The van der Waals surface area contributed by atoms with Gasteiger partial charge in [0.2, 0.25) is 0 Å². The predicted molar refractivity (Wildman–Crippen MR) is 108 cm³/mol. The number of aliphatic hydroxyl groups excluding tert-OH is 1. The zero-order valence-electron chi connectivity index (χ0n) is 15.4. The lowest BCUT2D eigenvalue weighted by molar-refractivity contribution is 0.0668. The zero-order valence-corrected chi connectivity index (χ0v) is 15.4. The lowest BCUT2D eigenvalue weighted by atomic mass is 10.2. The minimum Gasteiger partial charge on any atom is -0.489 e. The van der Waals surface area contributed by atoms with Gasteiger partial charge in [-0.05, 0) is 24.3 Å². The van der Waals surface area contributed by atoms with Crippen molar-refractivity contribution in [2.45, 2.75) is 6.10 Å². The summed E-state index contributed by atoms with van der Waals surface area (Å²) in [5.74, 6) is 0.723. The molecular weight excluding hydrogens is 338 g/mol. The van der Waals surface area contributed by atoms with E-state index < -0.39 is 6.10 Å². The number of para-hydroxylation sites is 2. The number of hydrogen-bond acceptors (Lipinski definition) is 5. The molecule has 1 fully saturated rings. The Morgan fingerprint density at radius 2 is 1.70 bits per heavy atom. The highest BCUT2D eigenvalue weighted by atomic mass is 16.5. The number of hydrogen-bond donors (Lipinski definition) is 1.